The molecule has 0 aliphatic carbocycles. The number of nitrogens with one attached hydrogen (secondary N) is 2. The topological polar surface area (TPSA) is 83.1 Å². The van der Waals surface area contributed by atoms with Crippen LogP contribution in [0.2, 0.25) is 0 Å². The van der Waals surface area contributed by atoms with E-state index >= 15 is 0 Å². The fraction of sp³-hybridized carbons (Fsp3) is 0.292. The van der Waals surface area contributed by atoms with Gasteiger partial charge in [0.25, 0.3) is 0 Å². The van der Waals surface area contributed by atoms with Gasteiger partial charge >= 0.3 is 0 Å². The van der Waals surface area contributed by atoms with Crippen LogP contribution in [0.4, 0.5) is 5.69 Å². The van der Waals surface area contributed by atoms with E-state index in [0.717, 1.165) is 42.0 Å². The summed E-state index contributed by atoms with van der Waals surface area (Å²) in [5.41, 5.74) is 4.74. The van der Waals surface area contributed by atoms with Gasteiger partial charge in [-0.25, -0.2) is 0 Å². The summed E-state index contributed by atoms with van der Waals surface area (Å²) >= 11 is 0. The SMILES string of the molecule is C[C@@H]1CN(Cc2ccc(NC(=O)/C=C/c3cnccc3-c3cn[nH]c3)cc2)C[C@H](C)O1. The number of rotatable bonds is 6. The number of carbonyl (C=O) groups is 1. The normalized spacial score (nSPS) is 19.5. The molecule has 7 nitrogen and oxygen atoms in total. The first-order valence-corrected chi connectivity index (χ1v) is 10.5. The van der Waals surface area contributed by atoms with Gasteiger partial charge in [0.15, 0.2) is 0 Å². The average Bonchev–Trinajstić information content (AvgIpc) is 3.28. The maximum atomic E-state index is 12.4. The van der Waals surface area contributed by atoms with Crippen LogP contribution in [-0.2, 0) is 16.1 Å². The van der Waals surface area contributed by atoms with Crippen LogP contribution in [0.5, 0.6) is 0 Å². The Morgan fingerprint density at radius 3 is 2.68 bits per heavy atom. The van der Waals surface area contributed by atoms with Gasteiger partial charge in [-0.3, -0.25) is 19.8 Å². The molecule has 7 heteroatoms. The van der Waals surface area contributed by atoms with Crippen molar-refractivity contribution in [2.45, 2.75) is 32.6 Å². The quantitative estimate of drug-likeness (QED) is 0.597. The van der Waals surface area contributed by atoms with Gasteiger partial charge in [0.1, 0.15) is 0 Å². The van der Waals surface area contributed by atoms with E-state index in [1.807, 2.05) is 24.4 Å². The van der Waals surface area contributed by atoms with Crippen molar-refractivity contribution in [3.05, 3.63) is 72.3 Å². The molecule has 3 aromatic rings. The number of H-pyrrole nitrogens is 1. The predicted molar refractivity (Wildman–Crippen MR) is 121 cm³/mol. The molecule has 2 atom stereocenters. The first-order chi connectivity index (χ1) is 15.1. The molecule has 1 fully saturated rings. The van der Waals surface area contributed by atoms with Gasteiger partial charge in [0.2, 0.25) is 5.91 Å². The van der Waals surface area contributed by atoms with Crippen LogP contribution in [0.1, 0.15) is 25.0 Å². The summed E-state index contributed by atoms with van der Waals surface area (Å²) in [6.07, 6.45) is 10.8. The number of hydrogen-bond acceptors (Lipinski definition) is 5. The van der Waals surface area contributed by atoms with Crippen LogP contribution < -0.4 is 5.32 Å². The summed E-state index contributed by atoms with van der Waals surface area (Å²) in [6, 6.07) is 9.90. The number of amides is 1. The molecule has 1 aromatic carbocycles. The Morgan fingerprint density at radius 1 is 1.19 bits per heavy atom. The molecule has 1 saturated heterocycles. The van der Waals surface area contributed by atoms with Crippen LogP contribution in [-0.4, -0.2) is 51.3 Å². The van der Waals surface area contributed by atoms with Crippen LogP contribution >= 0.6 is 0 Å². The Bertz CT molecular complexity index is 1020. The zero-order valence-corrected chi connectivity index (χ0v) is 17.8. The third-order valence-electron chi connectivity index (χ3n) is 5.20. The second kappa shape index (κ2) is 9.68. The van der Waals surface area contributed by atoms with Crippen LogP contribution in [0.15, 0.2) is 61.2 Å². The smallest absolute Gasteiger partial charge is 0.248 e. The standard InChI is InChI=1S/C24H27N5O2/c1-17-14-29(15-18(2)31-17)16-19-3-6-22(7-4-19)28-24(30)8-5-20-11-25-10-9-23(20)21-12-26-27-13-21/h3-13,17-18H,14-16H2,1-2H3,(H,26,27)(H,28,30)/b8-5+/t17-,18+. The highest BCUT2D eigenvalue weighted by Crippen LogP contribution is 2.22. The molecular formula is C24H27N5O2. The Hall–Kier alpha value is -3.29. The van der Waals surface area contributed by atoms with E-state index in [-0.39, 0.29) is 18.1 Å². The lowest BCUT2D eigenvalue weighted by molar-refractivity contribution is -0.111. The minimum absolute atomic E-state index is 0.189. The highest BCUT2D eigenvalue weighted by molar-refractivity contribution is 6.02. The fourth-order valence-corrected chi connectivity index (χ4v) is 3.92. The molecule has 160 valence electrons. The lowest BCUT2D eigenvalue weighted by Gasteiger charge is -2.35. The number of nitrogens with zero attached hydrogens (tertiary/aromatic N) is 3. The Morgan fingerprint density at radius 2 is 1.97 bits per heavy atom. The van der Waals surface area contributed by atoms with Gasteiger partial charge in [-0.1, -0.05) is 12.1 Å². The van der Waals surface area contributed by atoms with Gasteiger partial charge in [-0.05, 0) is 49.2 Å². The van der Waals surface area contributed by atoms with E-state index in [0.29, 0.717) is 0 Å². The number of anilines is 1. The van der Waals surface area contributed by atoms with E-state index in [1.54, 1.807) is 24.7 Å². The number of benzene rings is 1. The third-order valence-corrected chi connectivity index (χ3v) is 5.20. The van der Waals surface area contributed by atoms with Crippen molar-refractivity contribution in [2.24, 2.45) is 0 Å². The highest BCUT2D eigenvalue weighted by Gasteiger charge is 2.21. The summed E-state index contributed by atoms with van der Waals surface area (Å²) in [5.74, 6) is -0.189. The Balaban J connectivity index is 1.35. The van der Waals surface area contributed by atoms with Crippen molar-refractivity contribution in [3.8, 4) is 11.1 Å². The highest BCUT2D eigenvalue weighted by atomic mass is 16.5. The molecule has 0 spiro atoms. The van der Waals surface area contributed by atoms with Gasteiger partial charge in [-0.15, -0.1) is 0 Å². The largest absolute Gasteiger partial charge is 0.373 e. The molecule has 4 rings (SSSR count). The summed E-state index contributed by atoms with van der Waals surface area (Å²) < 4.78 is 5.80. The van der Waals surface area contributed by atoms with Gasteiger partial charge in [0, 0.05) is 61.1 Å². The first-order valence-electron chi connectivity index (χ1n) is 10.5. The molecule has 2 aromatic heterocycles. The second-order valence-electron chi connectivity index (χ2n) is 7.92. The first kappa shape index (κ1) is 21.0. The second-order valence-corrected chi connectivity index (χ2v) is 7.92. The molecule has 3 heterocycles. The van der Waals surface area contributed by atoms with E-state index in [4.69, 9.17) is 4.74 Å². The Labute approximate surface area is 182 Å². The van der Waals surface area contributed by atoms with Crippen molar-refractivity contribution in [1.29, 1.82) is 0 Å². The minimum atomic E-state index is -0.189. The van der Waals surface area contributed by atoms with E-state index in [2.05, 4.69) is 51.4 Å². The molecule has 0 unspecified atom stereocenters. The molecule has 0 radical (unpaired) electrons. The van der Waals surface area contributed by atoms with Crippen LogP contribution in [0, 0.1) is 0 Å². The molecule has 0 saturated carbocycles. The summed E-state index contributed by atoms with van der Waals surface area (Å²) in [7, 11) is 0. The zero-order valence-electron chi connectivity index (χ0n) is 17.8. The fourth-order valence-electron chi connectivity index (χ4n) is 3.92. The monoisotopic (exact) mass is 417 g/mol. The zero-order chi connectivity index (χ0) is 21.6. The van der Waals surface area contributed by atoms with E-state index in [1.165, 1.54) is 11.6 Å². The number of aromatic nitrogens is 3. The van der Waals surface area contributed by atoms with Crippen molar-refractivity contribution < 1.29 is 9.53 Å². The summed E-state index contributed by atoms with van der Waals surface area (Å²) in [4.78, 5) is 19.0. The number of pyridine rings is 1. The number of hydrogen-bond donors (Lipinski definition) is 2. The molecule has 1 aliphatic heterocycles. The summed E-state index contributed by atoms with van der Waals surface area (Å²) in [6.45, 7) is 6.96. The van der Waals surface area contributed by atoms with Crippen LogP contribution in [0.3, 0.4) is 0 Å². The number of carbonyl (C=O) groups excluding carboxylic acids is 1. The van der Waals surface area contributed by atoms with E-state index < -0.39 is 0 Å². The molecule has 1 amide bonds. The number of morpholine rings is 1. The third kappa shape index (κ3) is 5.65. The lowest BCUT2D eigenvalue weighted by Crippen LogP contribution is -2.44. The van der Waals surface area contributed by atoms with Crippen LogP contribution in [0.25, 0.3) is 17.2 Å². The number of aromatic amines is 1. The van der Waals surface area contributed by atoms with Crippen molar-refractivity contribution in [3.63, 3.8) is 0 Å². The molecule has 31 heavy (non-hydrogen) atoms. The van der Waals surface area contributed by atoms with Crippen molar-refractivity contribution in [2.75, 3.05) is 18.4 Å². The Kier molecular flexibility index (Phi) is 6.54. The van der Waals surface area contributed by atoms with Gasteiger partial charge in [-0.2, -0.15) is 5.10 Å². The maximum absolute atomic E-state index is 12.4. The molecule has 1 aliphatic rings. The average molecular weight is 418 g/mol. The minimum Gasteiger partial charge on any atom is -0.373 e. The molecular weight excluding hydrogens is 390 g/mol. The molecule has 0 bridgehead atoms. The lowest BCUT2D eigenvalue weighted by atomic mass is 10.0. The van der Waals surface area contributed by atoms with Crippen molar-refractivity contribution >= 4 is 17.7 Å². The van der Waals surface area contributed by atoms with Crippen molar-refractivity contribution in [1.82, 2.24) is 20.1 Å². The summed E-state index contributed by atoms with van der Waals surface area (Å²) in [5, 5.41) is 9.70. The number of ether oxygens (including phenoxy) is 1. The molecule has 2 N–H and O–H groups in total. The predicted octanol–water partition coefficient (Wildman–Crippen LogP) is 3.73. The maximum Gasteiger partial charge on any atom is 0.248 e. The van der Waals surface area contributed by atoms with Gasteiger partial charge in [0.05, 0.1) is 18.4 Å². The van der Waals surface area contributed by atoms with E-state index in [9.17, 15) is 4.79 Å². The van der Waals surface area contributed by atoms with Gasteiger partial charge < -0.3 is 10.1 Å².